The van der Waals surface area contributed by atoms with Gasteiger partial charge in [-0.1, -0.05) is 105 Å². The molecular weight excluding hydrogens is 1090 g/mol. The van der Waals surface area contributed by atoms with Crippen molar-refractivity contribution in [3.63, 3.8) is 0 Å². The molecule has 0 aliphatic heterocycles. The Bertz CT molecular complexity index is 2480. The predicted molar refractivity (Wildman–Crippen MR) is 366 cm³/mol. The Morgan fingerprint density at radius 3 is 0.667 bits per heavy atom. The average molecular weight is 1210 g/mol. The van der Waals surface area contributed by atoms with Gasteiger partial charge in [0.1, 0.15) is 0 Å². The van der Waals surface area contributed by atoms with E-state index in [4.69, 9.17) is 41.9 Å². The van der Waals surface area contributed by atoms with Crippen molar-refractivity contribution < 1.29 is 38.1 Å². The molecule has 4 aromatic rings. The normalized spacial score (nSPS) is 23.5. The SMILES string of the molecule is C.C.C.COC(=O)c1ccc(N)c(N[C@@H]2C[C@@H](C)CC(C)(C)C2)c1.COC(=O)c1ccc(N)c(N[C@@H]2C[C@H](C)CC(C)(C)C2)c1.COC(=O)c1ccc(N)c(N[C@H]2C[C@@H](C)CC(C)(C)C2)c1.COC(=O)c1ccc(N)c(N[C@H]2C[C@H](C)CC(C)(C)C2)c1. The summed E-state index contributed by atoms with van der Waals surface area (Å²) in [4.78, 5) is 46.5. The zero-order valence-electron chi connectivity index (χ0n) is 53.6. The second-order valence-electron chi connectivity index (χ2n) is 28.2. The molecule has 8 rings (SSSR count). The first kappa shape index (κ1) is 76.3. The van der Waals surface area contributed by atoms with E-state index in [1.165, 1.54) is 54.1 Å². The molecule has 0 heterocycles. The molecule has 87 heavy (non-hydrogen) atoms. The van der Waals surface area contributed by atoms with Gasteiger partial charge in [-0.05, 0) is 195 Å². The highest BCUT2D eigenvalue weighted by atomic mass is 16.5. The molecule has 0 unspecified atom stereocenters. The van der Waals surface area contributed by atoms with E-state index in [9.17, 15) is 19.2 Å². The lowest BCUT2D eigenvalue weighted by atomic mass is 9.70. The summed E-state index contributed by atoms with van der Waals surface area (Å²) in [6.07, 6.45) is 14.0. The number of hydrogen-bond donors (Lipinski definition) is 8. The van der Waals surface area contributed by atoms with Gasteiger partial charge in [0.15, 0.2) is 0 Å². The van der Waals surface area contributed by atoms with Crippen LogP contribution in [0, 0.1) is 45.3 Å². The lowest BCUT2D eigenvalue weighted by Crippen LogP contribution is -2.35. The number of anilines is 8. The molecule has 4 aliphatic carbocycles. The third-order valence-corrected chi connectivity index (χ3v) is 16.9. The van der Waals surface area contributed by atoms with E-state index < -0.39 is 0 Å². The van der Waals surface area contributed by atoms with Crippen LogP contribution in [0.25, 0.3) is 0 Å². The quantitative estimate of drug-likeness (QED) is 0.0373. The maximum absolute atomic E-state index is 11.6. The molecule has 0 bridgehead atoms. The van der Waals surface area contributed by atoms with E-state index >= 15 is 0 Å². The van der Waals surface area contributed by atoms with Crippen molar-refractivity contribution in [3.05, 3.63) is 95.1 Å². The Labute approximate surface area is 524 Å². The van der Waals surface area contributed by atoms with Crippen LogP contribution >= 0.6 is 0 Å². The lowest BCUT2D eigenvalue weighted by Gasteiger charge is -2.39. The zero-order chi connectivity index (χ0) is 62.5. The van der Waals surface area contributed by atoms with Crippen molar-refractivity contribution >= 4 is 69.4 Å². The smallest absolute Gasteiger partial charge is 0.337 e. The maximum Gasteiger partial charge on any atom is 0.337 e. The minimum atomic E-state index is -0.338. The summed E-state index contributed by atoms with van der Waals surface area (Å²) in [5.41, 5.74) is 33.6. The van der Waals surface area contributed by atoms with Crippen molar-refractivity contribution in [1.29, 1.82) is 0 Å². The summed E-state index contributed by atoms with van der Waals surface area (Å²) in [6, 6.07) is 22.5. The fourth-order valence-corrected chi connectivity index (χ4v) is 14.4. The summed E-state index contributed by atoms with van der Waals surface area (Å²) in [5, 5.41) is 14.1. The summed E-state index contributed by atoms with van der Waals surface area (Å²) >= 11 is 0. The lowest BCUT2D eigenvalue weighted by molar-refractivity contribution is 0.0592. The molecule has 4 aromatic carbocycles. The van der Waals surface area contributed by atoms with E-state index in [1.54, 1.807) is 72.8 Å². The van der Waals surface area contributed by atoms with E-state index in [1.807, 2.05) is 0 Å². The standard InChI is InChI=1S/4C17H26N2O2.3CH4/c4*1-11-7-13(10-17(2,3)9-11)19-15-8-12(16(20)21-4)5-6-14(15)18;;;/h4*5-6,8,11,13,19H,7,9-10,18H2,1-4H3;3*1H4/t2*11-,13+;2*11-,13-;;;/m1010.../s1. The van der Waals surface area contributed by atoms with Gasteiger partial charge < -0.3 is 63.1 Å². The van der Waals surface area contributed by atoms with Crippen LogP contribution in [-0.4, -0.2) is 76.5 Å². The molecule has 488 valence electrons. The van der Waals surface area contributed by atoms with E-state index in [-0.39, 0.29) is 46.2 Å². The van der Waals surface area contributed by atoms with Gasteiger partial charge in [0.25, 0.3) is 0 Å². The largest absolute Gasteiger partial charge is 0.465 e. The van der Waals surface area contributed by atoms with E-state index in [0.29, 0.717) is 115 Å². The fourth-order valence-electron chi connectivity index (χ4n) is 14.4. The van der Waals surface area contributed by atoms with Crippen molar-refractivity contribution in [3.8, 4) is 0 Å². The van der Waals surface area contributed by atoms with Crippen LogP contribution in [0.2, 0.25) is 0 Å². The molecular formula is C71H116N8O8. The number of methoxy groups -OCH3 is 4. The van der Waals surface area contributed by atoms with Crippen LogP contribution in [0.15, 0.2) is 72.8 Å². The number of benzene rings is 4. The number of rotatable bonds is 12. The Kier molecular flexibility index (Phi) is 28.9. The molecule has 16 heteroatoms. The van der Waals surface area contributed by atoms with Crippen LogP contribution in [0.3, 0.4) is 0 Å². The number of esters is 4. The van der Waals surface area contributed by atoms with Gasteiger partial charge in [0, 0.05) is 24.2 Å². The molecule has 0 saturated heterocycles. The summed E-state index contributed by atoms with van der Waals surface area (Å²) in [5.74, 6) is 1.41. The number of nitrogens with two attached hydrogens (primary N) is 4. The zero-order valence-corrected chi connectivity index (χ0v) is 53.6. The first-order chi connectivity index (χ1) is 39.2. The van der Waals surface area contributed by atoms with Crippen LogP contribution in [0.4, 0.5) is 45.5 Å². The molecule has 0 amide bonds. The van der Waals surface area contributed by atoms with E-state index in [0.717, 1.165) is 74.1 Å². The second kappa shape index (κ2) is 32.9. The average Bonchev–Trinajstić information content (AvgIpc) is 2.86. The molecule has 4 fully saturated rings. The van der Waals surface area contributed by atoms with Crippen LogP contribution in [-0.2, 0) is 18.9 Å². The Balaban J connectivity index is 0.000000391. The maximum atomic E-state index is 11.6. The molecule has 12 N–H and O–H groups in total. The van der Waals surface area contributed by atoms with Gasteiger partial charge in [-0.3, -0.25) is 0 Å². The number of carbonyl (C=O) groups excluding carboxylic acids is 4. The van der Waals surface area contributed by atoms with Crippen molar-refractivity contribution in [1.82, 2.24) is 0 Å². The van der Waals surface area contributed by atoms with Gasteiger partial charge in [-0.15, -0.1) is 0 Å². The first-order valence-electron chi connectivity index (χ1n) is 30.2. The van der Waals surface area contributed by atoms with Gasteiger partial charge in [0.05, 0.1) is 96.2 Å². The summed E-state index contributed by atoms with van der Waals surface area (Å²) in [6.45, 7) is 27.7. The highest BCUT2D eigenvalue weighted by Crippen LogP contribution is 2.44. The number of hydrogen-bond acceptors (Lipinski definition) is 16. The number of ether oxygens (including phenoxy) is 4. The molecule has 8 atom stereocenters. The minimum absolute atomic E-state index is 0. The topological polar surface area (TPSA) is 257 Å². The van der Waals surface area contributed by atoms with E-state index in [2.05, 4.69) is 104 Å². The van der Waals surface area contributed by atoms with Gasteiger partial charge in [-0.25, -0.2) is 19.2 Å². The Morgan fingerprint density at radius 2 is 0.517 bits per heavy atom. The number of carbonyl (C=O) groups is 4. The molecule has 16 nitrogen and oxygen atoms in total. The molecule has 4 saturated carbocycles. The van der Waals surface area contributed by atoms with Gasteiger partial charge >= 0.3 is 23.9 Å². The van der Waals surface area contributed by atoms with Crippen molar-refractivity contribution in [2.45, 2.75) is 207 Å². The number of nitrogens with one attached hydrogen (secondary N) is 4. The third kappa shape index (κ3) is 23.7. The predicted octanol–water partition coefficient (Wildman–Crippen LogP) is 16.6. The minimum Gasteiger partial charge on any atom is -0.465 e. The summed E-state index contributed by atoms with van der Waals surface area (Å²) in [7, 11) is 5.54. The molecule has 0 spiro atoms. The molecule has 0 aromatic heterocycles. The first-order valence-corrected chi connectivity index (χ1v) is 30.2. The van der Waals surface area contributed by atoms with Crippen LogP contribution in [0.5, 0.6) is 0 Å². The highest BCUT2D eigenvalue weighted by molar-refractivity contribution is 5.94. The number of nitrogen functional groups attached to an aromatic ring is 4. The summed E-state index contributed by atoms with van der Waals surface area (Å²) < 4.78 is 19.1. The third-order valence-electron chi connectivity index (χ3n) is 16.9. The molecule has 4 aliphatic rings. The second-order valence-corrected chi connectivity index (χ2v) is 28.2. The van der Waals surface area contributed by atoms with Crippen LogP contribution < -0.4 is 44.2 Å². The molecule has 0 radical (unpaired) electrons. The van der Waals surface area contributed by atoms with Crippen molar-refractivity contribution in [2.24, 2.45) is 45.3 Å². The highest BCUT2D eigenvalue weighted by Gasteiger charge is 2.36. The van der Waals surface area contributed by atoms with Crippen molar-refractivity contribution in [2.75, 3.05) is 72.6 Å². The Hall–Kier alpha value is -6.84. The Morgan fingerprint density at radius 1 is 0.345 bits per heavy atom. The van der Waals surface area contributed by atoms with Crippen LogP contribution in [0.1, 0.15) is 224 Å². The van der Waals surface area contributed by atoms with Gasteiger partial charge in [0.2, 0.25) is 0 Å². The monoisotopic (exact) mass is 1210 g/mol. The van der Waals surface area contributed by atoms with Gasteiger partial charge in [-0.2, -0.15) is 0 Å². The fraction of sp³-hybridized carbons (Fsp3) is 0.606.